The van der Waals surface area contributed by atoms with Crippen LogP contribution in [0.4, 0.5) is 4.39 Å². The van der Waals surface area contributed by atoms with Gasteiger partial charge in [0.05, 0.1) is 0 Å². The maximum atomic E-state index is 14.8. The van der Waals surface area contributed by atoms with Crippen LogP contribution in [0.15, 0.2) is 36.4 Å². The summed E-state index contributed by atoms with van der Waals surface area (Å²) in [6.07, 6.45) is 2.98. The molecule has 6 heteroatoms. The Labute approximate surface area is 172 Å². The van der Waals surface area contributed by atoms with E-state index in [1.54, 1.807) is 30.3 Å². The van der Waals surface area contributed by atoms with Crippen molar-refractivity contribution in [1.82, 2.24) is 16.0 Å². The van der Waals surface area contributed by atoms with Crippen LogP contribution in [-0.4, -0.2) is 33.5 Å². The Bertz CT molecular complexity index is 822. The molecule has 1 aliphatic rings. The zero-order chi connectivity index (χ0) is 20.6. The van der Waals surface area contributed by atoms with E-state index in [4.69, 9.17) is 4.74 Å². The third-order valence-corrected chi connectivity index (χ3v) is 5.64. The van der Waals surface area contributed by atoms with Crippen molar-refractivity contribution in [3.63, 3.8) is 0 Å². The second-order valence-corrected chi connectivity index (χ2v) is 7.47. The average Bonchev–Trinajstić information content (AvgIpc) is 2.75. The molecule has 0 aliphatic carbocycles. The summed E-state index contributed by atoms with van der Waals surface area (Å²) in [5.41, 5.74) is 2.83. The Morgan fingerprint density at radius 3 is 2.69 bits per heavy atom. The molecule has 0 amide bonds. The van der Waals surface area contributed by atoms with Crippen molar-refractivity contribution in [2.24, 2.45) is 5.92 Å². The van der Waals surface area contributed by atoms with Gasteiger partial charge in [-0.2, -0.15) is 0 Å². The van der Waals surface area contributed by atoms with Crippen LogP contribution in [0.2, 0.25) is 0 Å². The first-order chi connectivity index (χ1) is 14.2. The van der Waals surface area contributed by atoms with Gasteiger partial charge in [-0.05, 0) is 63.6 Å². The molecule has 1 aliphatic heterocycles. The Kier molecular flexibility index (Phi) is 7.75. The summed E-state index contributed by atoms with van der Waals surface area (Å²) in [6, 6.07) is 10.9. The zero-order valence-corrected chi connectivity index (χ0v) is 17.1. The van der Waals surface area contributed by atoms with Gasteiger partial charge >= 0.3 is 0 Å². The highest BCUT2D eigenvalue weighted by Gasteiger charge is 2.24. The molecule has 1 heterocycles. The molecule has 0 bridgehead atoms. The SMILES string of the molecule is CNCc1c(C=O)cccc1OCc1ccc(C(NC)C2CCNCC2)cc1F. The zero-order valence-electron chi connectivity index (χ0n) is 17.1. The number of benzene rings is 2. The third kappa shape index (κ3) is 5.21. The summed E-state index contributed by atoms with van der Waals surface area (Å²) in [5.74, 6) is 0.826. The predicted molar refractivity (Wildman–Crippen MR) is 113 cm³/mol. The number of aldehydes is 1. The van der Waals surface area contributed by atoms with E-state index >= 15 is 0 Å². The molecule has 2 aromatic carbocycles. The molecule has 1 saturated heterocycles. The molecule has 0 radical (unpaired) electrons. The maximum Gasteiger partial charge on any atom is 0.150 e. The number of carbonyl (C=O) groups excluding carboxylic acids is 1. The number of rotatable bonds is 9. The van der Waals surface area contributed by atoms with E-state index in [0.29, 0.717) is 29.3 Å². The lowest BCUT2D eigenvalue weighted by Gasteiger charge is -2.31. The molecule has 0 spiro atoms. The van der Waals surface area contributed by atoms with E-state index in [9.17, 15) is 9.18 Å². The van der Waals surface area contributed by atoms with E-state index in [0.717, 1.165) is 43.3 Å². The lowest BCUT2D eigenvalue weighted by molar-refractivity contribution is 0.112. The third-order valence-electron chi connectivity index (χ3n) is 5.64. The van der Waals surface area contributed by atoms with Gasteiger partial charge in [-0.3, -0.25) is 4.79 Å². The second kappa shape index (κ2) is 10.5. The van der Waals surface area contributed by atoms with Crippen molar-refractivity contribution in [3.8, 4) is 5.75 Å². The summed E-state index contributed by atoms with van der Waals surface area (Å²) < 4.78 is 20.7. The van der Waals surface area contributed by atoms with Gasteiger partial charge in [-0.25, -0.2) is 4.39 Å². The highest BCUT2D eigenvalue weighted by Crippen LogP contribution is 2.30. The molecule has 156 valence electrons. The fourth-order valence-electron chi connectivity index (χ4n) is 4.08. The summed E-state index contributed by atoms with van der Waals surface area (Å²) in [6.45, 7) is 2.63. The van der Waals surface area contributed by atoms with Gasteiger partial charge < -0.3 is 20.7 Å². The van der Waals surface area contributed by atoms with E-state index in [1.165, 1.54) is 0 Å². The number of piperidine rings is 1. The minimum Gasteiger partial charge on any atom is -0.488 e. The van der Waals surface area contributed by atoms with Crippen LogP contribution in [0, 0.1) is 11.7 Å². The Morgan fingerprint density at radius 2 is 2.03 bits per heavy atom. The molecule has 0 saturated carbocycles. The lowest BCUT2D eigenvalue weighted by atomic mass is 9.86. The first-order valence-corrected chi connectivity index (χ1v) is 10.2. The topological polar surface area (TPSA) is 62.4 Å². The van der Waals surface area contributed by atoms with Gasteiger partial charge in [0.25, 0.3) is 0 Å². The quantitative estimate of drug-likeness (QED) is 0.566. The first-order valence-electron chi connectivity index (χ1n) is 10.2. The van der Waals surface area contributed by atoms with Gasteiger partial charge in [0.2, 0.25) is 0 Å². The summed E-state index contributed by atoms with van der Waals surface area (Å²) in [7, 11) is 3.75. The van der Waals surface area contributed by atoms with Crippen LogP contribution in [0.3, 0.4) is 0 Å². The number of hydrogen-bond acceptors (Lipinski definition) is 5. The number of nitrogens with one attached hydrogen (secondary N) is 3. The molecule has 1 atom stereocenters. The summed E-state index contributed by atoms with van der Waals surface area (Å²) in [5, 5.41) is 9.78. The molecule has 1 fully saturated rings. The van der Waals surface area contributed by atoms with Gasteiger partial charge in [-0.15, -0.1) is 0 Å². The van der Waals surface area contributed by atoms with Crippen molar-refractivity contribution >= 4 is 6.29 Å². The molecule has 29 heavy (non-hydrogen) atoms. The largest absolute Gasteiger partial charge is 0.488 e. The van der Waals surface area contributed by atoms with Crippen LogP contribution in [0.25, 0.3) is 0 Å². The Balaban J connectivity index is 1.74. The Morgan fingerprint density at radius 1 is 1.24 bits per heavy atom. The number of ether oxygens (including phenoxy) is 1. The second-order valence-electron chi connectivity index (χ2n) is 7.47. The van der Waals surface area contributed by atoms with E-state index < -0.39 is 0 Å². The molecular formula is C23H30FN3O2. The molecule has 2 aromatic rings. The maximum absolute atomic E-state index is 14.8. The predicted octanol–water partition coefficient (Wildman–Crippen LogP) is 3.20. The van der Waals surface area contributed by atoms with Crippen LogP contribution >= 0.6 is 0 Å². The molecular weight excluding hydrogens is 369 g/mol. The van der Waals surface area contributed by atoms with Gasteiger partial charge in [0.1, 0.15) is 18.2 Å². The fraction of sp³-hybridized carbons (Fsp3) is 0.435. The van der Waals surface area contributed by atoms with Crippen LogP contribution in [0.1, 0.15) is 45.9 Å². The molecule has 3 N–H and O–H groups in total. The van der Waals surface area contributed by atoms with Gasteiger partial charge in [0, 0.05) is 29.3 Å². The van der Waals surface area contributed by atoms with Crippen molar-refractivity contribution in [3.05, 3.63) is 64.5 Å². The van der Waals surface area contributed by atoms with Crippen LogP contribution in [0.5, 0.6) is 5.75 Å². The minimum absolute atomic E-state index is 0.114. The fourth-order valence-corrected chi connectivity index (χ4v) is 4.08. The van der Waals surface area contributed by atoms with Crippen LogP contribution < -0.4 is 20.7 Å². The Hall–Kier alpha value is -2.28. The number of halogens is 1. The first kappa shape index (κ1) is 21.4. The highest BCUT2D eigenvalue weighted by atomic mass is 19.1. The van der Waals surface area contributed by atoms with E-state index in [-0.39, 0.29) is 18.5 Å². The standard InChI is InChI=1S/C23H30FN3O2/c1-25-13-20-18(14-28)4-3-5-22(20)29-15-19-7-6-17(12-21(19)24)23(26-2)16-8-10-27-11-9-16/h3-7,12,14,16,23,25-27H,8-11,13,15H2,1-2H3. The number of carbonyl (C=O) groups is 1. The van der Waals surface area contributed by atoms with Crippen molar-refractivity contribution < 1.29 is 13.9 Å². The summed E-state index contributed by atoms with van der Waals surface area (Å²) in [4.78, 5) is 11.3. The molecule has 5 nitrogen and oxygen atoms in total. The van der Waals surface area contributed by atoms with Crippen molar-refractivity contribution in [1.29, 1.82) is 0 Å². The summed E-state index contributed by atoms with van der Waals surface area (Å²) >= 11 is 0. The van der Waals surface area contributed by atoms with Crippen molar-refractivity contribution in [2.75, 3.05) is 27.2 Å². The smallest absolute Gasteiger partial charge is 0.150 e. The van der Waals surface area contributed by atoms with Gasteiger partial charge in [-0.1, -0.05) is 24.3 Å². The van der Waals surface area contributed by atoms with Crippen LogP contribution in [-0.2, 0) is 13.2 Å². The molecule has 3 rings (SSSR count). The lowest BCUT2D eigenvalue weighted by Crippen LogP contribution is -2.35. The minimum atomic E-state index is -0.265. The normalized spacial score (nSPS) is 15.8. The monoisotopic (exact) mass is 399 g/mol. The van der Waals surface area contributed by atoms with E-state index in [2.05, 4.69) is 16.0 Å². The average molecular weight is 400 g/mol. The molecule has 0 aromatic heterocycles. The van der Waals surface area contributed by atoms with Gasteiger partial charge in [0.15, 0.2) is 6.29 Å². The van der Waals surface area contributed by atoms with E-state index in [1.807, 2.05) is 20.2 Å². The van der Waals surface area contributed by atoms with Crippen molar-refractivity contribution in [2.45, 2.75) is 32.0 Å². The highest BCUT2D eigenvalue weighted by molar-refractivity contribution is 5.78. The molecule has 1 unspecified atom stereocenters. The number of hydrogen-bond donors (Lipinski definition) is 3.